The largest absolute Gasteiger partial charge is 0.487 e. The number of hydrogen-bond donors (Lipinski definition) is 1. The Morgan fingerprint density at radius 2 is 2.00 bits per heavy atom. The SMILES string of the molecule is CC(n1cc(COc2cccc3c2CN(C2CCC(=O)NC2=O)C3=O)nn1)C12CC3CCCC(C1)C(C3)C2. The molecule has 3 aliphatic carbocycles. The van der Waals surface area contributed by atoms with Gasteiger partial charge in [-0.15, -0.1) is 5.10 Å². The van der Waals surface area contributed by atoms with E-state index in [4.69, 9.17) is 4.74 Å². The van der Waals surface area contributed by atoms with Crippen molar-refractivity contribution in [3.05, 3.63) is 41.2 Å². The number of carbonyl (C=O) groups excluding carboxylic acids is 3. The van der Waals surface area contributed by atoms with Crippen molar-refractivity contribution in [2.24, 2.45) is 23.2 Å². The van der Waals surface area contributed by atoms with Crippen LogP contribution in [0.3, 0.4) is 0 Å². The number of rotatable bonds is 6. The summed E-state index contributed by atoms with van der Waals surface area (Å²) < 4.78 is 8.23. The number of benzene rings is 1. The van der Waals surface area contributed by atoms with Crippen molar-refractivity contribution in [2.75, 3.05) is 0 Å². The van der Waals surface area contributed by atoms with Gasteiger partial charge in [-0.05, 0) is 74.3 Å². The molecule has 3 amide bonds. The molecule has 38 heavy (non-hydrogen) atoms. The van der Waals surface area contributed by atoms with E-state index in [2.05, 4.69) is 27.2 Å². The quantitative estimate of drug-likeness (QED) is 0.585. The Labute approximate surface area is 222 Å². The number of ether oxygens (including phenoxy) is 1. The highest BCUT2D eigenvalue weighted by Gasteiger charge is 2.54. The van der Waals surface area contributed by atoms with Crippen LogP contribution >= 0.6 is 0 Å². The molecule has 9 nitrogen and oxygen atoms in total. The van der Waals surface area contributed by atoms with E-state index in [1.165, 1.54) is 44.9 Å². The van der Waals surface area contributed by atoms with Crippen molar-refractivity contribution in [1.82, 2.24) is 25.2 Å². The Hall–Kier alpha value is -3.23. The van der Waals surface area contributed by atoms with Gasteiger partial charge in [-0.1, -0.05) is 30.5 Å². The lowest BCUT2D eigenvalue weighted by molar-refractivity contribution is -0.136. The lowest BCUT2D eigenvalue weighted by atomic mass is 9.66. The van der Waals surface area contributed by atoms with E-state index in [1.54, 1.807) is 17.0 Å². The van der Waals surface area contributed by atoms with Gasteiger partial charge in [0.2, 0.25) is 11.8 Å². The minimum absolute atomic E-state index is 0.203. The monoisotopic (exact) mass is 517 g/mol. The summed E-state index contributed by atoms with van der Waals surface area (Å²) in [5.41, 5.74) is 2.42. The van der Waals surface area contributed by atoms with E-state index in [0.717, 1.165) is 29.0 Å². The van der Waals surface area contributed by atoms with Crippen molar-refractivity contribution in [3.8, 4) is 5.75 Å². The van der Waals surface area contributed by atoms with Gasteiger partial charge in [0.1, 0.15) is 24.1 Å². The Morgan fingerprint density at radius 3 is 2.87 bits per heavy atom. The Bertz CT molecular complexity index is 1300. The van der Waals surface area contributed by atoms with Crippen LogP contribution in [0.5, 0.6) is 5.75 Å². The zero-order valence-corrected chi connectivity index (χ0v) is 21.9. The standard InChI is InChI=1S/C29H35N5O4/c1-17(29-11-18-4-2-5-19(12-29)20(10-18)13-29)34-14-21(31-32-34)16-38-25-7-3-6-22-23(25)15-33(28(22)37)24-8-9-26(35)30-27(24)36/h3,6-7,14,17-20,24H,2,4-5,8-13,15-16H2,1H3,(H,30,35,36). The van der Waals surface area contributed by atoms with Crippen LogP contribution in [0.25, 0.3) is 0 Å². The van der Waals surface area contributed by atoms with Crippen LogP contribution in [0.2, 0.25) is 0 Å². The second kappa shape index (κ2) is 8.92. The first-order valence-corrected chi connectivity index (χ1v) is 14.2. The lowest BCUT2D eigenvalue weighted by Crippen LogP contribution is -2.52. The van der Waals surface area contributed by atoms with Crippen molar-refractivity contribution >= 4 is 17.7 Å². The Balaban J connectivity index is 1.04. The molecule has 1 N–H and O–H groups in total. The van der Waals surface area contributed by atoms with Crippen molar-refractivity contribution in [3.63, 3.8) is 0 Å². The number of fused-ring (bicyclic) bond motifs is 3. The van der Waals surface area contributed by atoms with Crippen molar-refractivity contribution in [2.45, 2.75) is 89.9 Å². The summed E-state index contributed by atoms with van der Waals surface area (Å²) >= 11 is 0. The number of amides is 3. The van der Waals surface area contributed by atoms with Crippen molar-refractivity contribution in [1.29, 1.82) is 0 Å². The lowest BCUT2D eigenvalue weighted by Gasteiger charge is -2.42. The maximum absolute atomic E-state index is 13.1. The zero-order valence-electron chi connectivity index (χ0n) is 21.9. The second-order valence-corrected chi connectivity index (χ2v) is 12.4. The van der Waals surface area contributed by atoms with Crippen LogP contribution in [-0.4, -0.2) is 43.7 Å². The summed E-state index contributed by atoms with van der Waals surface area (Å²) in [4.78, 5) is 38.6. The number of carbonyl (C=O) groups is 3. The van der Waals surface area contributed by atoms with Crippen LogP contribution in [0, 0.1) is 23.2 Å². The third-order valence-corrected chi connectivity index (χ3v) is 10.3. The van der Waals surface area contributed by atoms with Gasteiger partial charge in [-0.3, -0.25) is 19.7 Å². The fraction of sp³-hybridized carbons (Fsp3) is 0.621. The van der Waals surface area contributed by atoms with Crippen LogP contribution in [-0.2, 0) is 22.7 Å². The molecule has 1 aromatic heterocycles. The van der Waals surface area contributed by atoms with Gasteiger partial charge >= 0.3 is 0 Å². The number of hydrogen-bond acceptors (Lipinski definition) is 6. The van der Waals surface area contributed by atoms with E-state index in [0.29, 0.717) is 29.2 Å². The first-order valence-electron chi connectivity index (χ1n) is 14.2. The van der Waals surface area contributed by atoms with Gasteiger partial charge in [0, 0.05) is 17.5 Å². The third-order valence-electron chi connectivity index (χ3n) is 10.3. The minimum atomic E-state index is -0.643. The molecular weight excluding hydrogens is 482 g/mol. The zero-order chi connectivity index (χ0) is 26.0. The molecule has 2 aliphatic heterocycles. The molecule has 9 heteroatoms. The molecule has 200 valence electrons. The topological polar surface area (TPSA) is 106 Å². The molecule has 6 atom stereocenters. The fourth-order valence-electron chi connectivity index (χ4n) is 8.42. The summed E-state index contributed by atoms with van der Waals surface area (Å²) in [6, 6.07) is 5.09. The third kappa shape index (κ3) is 3.84. The molecule has 2 aromatic rings. The molecular formula is C29H35N5O4. The van der Waals surface area contributed by atoms with Crippen LogP contribution < -0.4 is 10.1 Å². The summed E-state index contributed by atoms with van der Waals surface area (Å²) in [7, 11) is 0. The summed E-state index contributed by atoms with van der Waals surface area (Å²) in [6.45, 7) is 2.87. The average molecular weight is 518 g/mol. The predicted molar refractivity (Wildman–Crippen MR) is 137 cm³/mol. The Morgan fingerprint density at radius 1 is 1.13 bits per heavy atom. The van der Waals surface area contributed by atoms with Gasteiger partial charge in [0.05, 0.1) is 18.8 Å². The minimum Gasteiger partial charge on any atom is -0.487 e. The number of imide groups is 1. The normalized spacial score (nSPS) is 32.8. The number of nitrogens with zero attached hydrogens (tertiary/aromatic N) is 4. The van der Waals surface area contributed by atoms with E-state index in [9.17, 15) is 14.4 Å². The highest BCUT2D eigenvalue weighted by molar-refractivity contribution is 6.05. The van der Waals surface area contributed by atoms with E-state index in [1.807, 2.05) is 12.3 Å². The number of aromatic nitrogens is 3. The second-order valence-electron chi connectivity index (χ2n) is 12.4. The molecule has 3 bridgehead atoms. The highest BCUT2D eigenvalue weighted by Crippen LogP contribution is 2.63. The molecule has 7 rings (SSSR count). The maximum Gasteiger partial charge on any atom is 0.255 e. The first kappa shape index (κ1) is 23.9. The molecule has 5 aliphatic rings. The maximum atomic E-state index is 13.1. The molecule has 3 heterocycles. The van der Waals surface area contributed by atoms with Crippen LogP contribution in [0.15, 0.2) is 24.4 Å². The van der Waals surface area contributed by atoms with Crippen molar-refractivity contribution < 1.29 is 19.1 Å². The summed E-state index contributed by atoms with van der Waals surface area (Å²) in [5, 5.41) is 11.3. The summed E-state index contributed by atoms with van der Waals surface area (Å²) in [6.07, 6.45) is 12.2. The molecule has 1 saturated heterocycles. The smallest absolute Gasteiger partial charge is 0.255 e. The number of nitrogens with one attached hydrogen (secondary N) is 1. The molecule has 1 aromatic carbocycles. The molecule has 4 fully saturated rings. The van der Waals surface area contributed by atoms with E-state index in [-0.39, 0.29) is 31.4 Å². The van der Waals surface area contributed by atoms with Crippen LogP contribution in [0.4, 0.5) is 0 Å². The van der Waals surface area contributed by atoms with E-state index >= 15 is 0 Å². The Kier molecular flexibility index (Phi) is 5.60. The average Bonchev–Trinajstić information content (AvgIpc) is 3.55. The molecule has 0 radical (unpaired) electrons. The van der Waals surface area contributed by atoms with E-state index < -0.39 is 11.9 Å². The molecule has 6 unspecified atom stereocenters. The molecule has 0 spiro atoms. The molecule has 3 saturated carbocycles. The highest BCUT2D eigenvalue weighted by atomic mass is 16.5. The van der Waals surface area contributed by atoms with Gasteiger partial charge in [-0.2, -0.15) is 0 Å². The van der Waals surface area contributed by atoms with Gasteiger partial charge in [0.15, 0.2) is 0 Å². The fourth-order valence-corrected chi connectivity index (χ4v) is 8.42. The number of piperidine rings is 1. The van der Waals surface area contributed by atoms with Gasteiger partial charge in [0.25, 0.3) is 5.91 Å². The predicted octanol–water partition coefficient (Wildman–Crippen LogP) is 3.79. The van der Waals surface area contributed by atoms with Crippen LogP contribution in [0.1, 0.15) is 92.4 Å². The first-order chi connectivity index (χ1) is 18.4. The van der Waals surface area contributed by atoms with Gasteiger partial charge in [-0.25, -0.2) is 4.68 Å². The van der Waals surface area contributed by atoms with Gasteiger partial charge < -0.3 is 9.64 Å². The summed E-state index contributed by atoms with van der Waals surface area (Å²) in [5.74, 6) is 2.37.